The minimum atomic E-state index is 0.702. The summed E-state index contributed by atoms with van der Waals surface area (Å²) in [6.45, 7) is 0.881. The molecule has 0 spiro atoms. The van der Waals surface area contributed by atoms with Crippen LogP contribution in [0.2, 0.25) is 0 Å². The van der Waals surface area contributed by atoms with Crippen LogP contribution in [0.3, 0.4) is 0 Å². The predicted octanol–water partition coefficient (Wildman–Crippen LogP) is 2.60. The molecule has 1 aliphatic carbocycles. The van der Waals surface area contributed by atoms with Gasteiger partial charge in [-0.25, -0.2) is 0 Å². The minimum Gasteiger partial charge on any atom is -0.308 e. The van der Waals surface area contributed by atoms with E-state index >= 15 is 0 Å². The third-order valence-corrected chi connectivity index (χ3v) is 3.68. The third kappa shape index (κ3) is 3.05. The summed E-state index contributed by atoms with van der Waals surface area (Å²) in [5.41, 5.74) is 1.11. The van der Waals surface area contributed by atoms with Crippen LogP contribution in [0, 0.1) is 0 Å². The van der Waals surface area contributed by atoms with Crippen LogP contribution in [-0.4, -0.2) is 15.8 Å². The molecule has 1 N–H and O–H groups in total. The molecule has 0 atom stereocenters. The molecule has 4 heteroatoms. The van der Waals surface area contributed by atoms with Gasteiger partial charge >= 0.3 is 0 Å². The lowest BCUT2D eigenvalue weighted by Crippen LogP contribution is -2.30. The number of aryl methyl sites for hydroxylation is 1. The normalized spacial score (nSPS) is 18.3. The van der Waals surface area contributed by atoms with Gasteiger partial charge in [-0.2, -0.15) is 5.10 Å². The Morgan fingerprint density at radius 2 is 2.20 bits per heavy atom. The Labute approximate surface area is 99.4 Å². The van der Waals surface area contributed by atoms with Crippen molar-refractivity contribution in [3.05, 3.63) is 16.4 Å². The highest BCUT2D eigenvalue weighted by atomic mass is 79.9. The summed E-state index contributed by atoms with van der Waals surface area (Å²) in [5.74, 6) is 0. The van der Waals surface area contributed by atoms with Gasteiger partial charge in [-0.3, -0.25) is 4.68 Å². The topological polar surface area (TPSA) is 29.9 Å². The second-order valence-electron chi connectivity index (χ2n) is 4.31. The second kappa shape index (κ2) is 5.12. The second-order valence-corrected chi connectivity index (χ2v) is 5.17. The first-order valence-corrected chi connectivity index (χ1v) is 6.46. The van der Waals surface area contributed by atoms with E-state index in [-0.39, 0.29) is 0 Å². The molecule has 1 aromatic heterocycles. The summed E-state index contributed by atoms with van der Waals surface area (Å²) < 4.78 is 2.95. The molecule has 0 amide bonds. The van der Waals surface area contributed by atoms with Crippen LogP contribution in [-0.2, 0) is 13.6 Å². The molecule has 15 heavy (non-hydrogen) atoms. The Kier molecular flexibility index (Phi) is 3.81. The SMILES string of the molecule is Cn1cc(Br)c(CNC2CCCCC2)n1. The molecule has 1 fully saturated rings. The summed E-state index contributed by atoms with van der Waals surface area (Å²) >= 11 is 3.52. The van der Waals surface area contributed by atoms with Crippen LogP contribution in [0.1, 0.15) is 37.8 Å². The molecule has 2 rings (SSSR count). The first kappa shape index (κ1) is 11.1. The van der Waals surface area contributed by atoms with Gasteiger partial charge in [0, 0.05) is 25.8 Å². The first-order valence-electron chi connectivity index (χ1n) is 5.67. The number of aromatic nitrogens is 2. The zero-order chi connectivity index (χ0) is 10.7. The molecule has 1 saturated carbocycles. The van der Waals surface area contributed by atoms with E-state index in [1.54, 1.807) is 0 Å². The van der Waals surface area contributed by atoms with Crippen molar-refractivity contribution in [2.75, 3.05) is 0 Å². The van der Waals surface area contributed by atoms with Crippen LogP contribution >= 0.6 is 15.9 Å². The van der Waals surface area contributed by atoms with Gasteiger partial charge in [-0.15, -0.1) is 0 Å². The van der Waals surface area contributed by atoms with Crippen molar-refractivity contribution in [1.82, 2.24) is 15.1 Å². The zero-order valence-electron chi connectivity index (χ0n) is 9.17. The monoisotopic (exact) mass is 271 g/mol. The van der Waals surface area contributed by atoms with Crippen molar-refractivity contribution in [3.63, 3.8) is 0 Å². The van der Waals surface area contributed by atoms with E-state index in [2.05, 4.69) is 26.3 Å². The van der Waals surface area contributed by atoms with E-state index in [0.29, 0.717) is 6.04 Å². The van der Waals surface area contributed by atoms with Gasteiger partial charge in [0.15, 0.2) is 0 Å². The molecule has 1 heterocycles. The van der Waals surface area contributed by atoms with Crippen LogP contribution in [0.15, 0.2) is 10.7 Å². The molecule has 0 unspecified atom stereocenters. The molecule has 0 saturated heterocycles. The van der Waals surface area contributed by atoms with Crippen molar-refractivity contribution in [2.45, 2.75) is 44.7 Å². The number of rotatable bonds is 3. The van der Waals surface area contributed by atoms with Crippen LogP contribution < -0.4 is 5.32 Å². The summed E-state index contributed by atoms with van der Waals surface area (Å²) in [7, 11) is 1.95. The molecular weight excluding hydrogens is 254 g/mol. The number of nitrogens with one attached hydrogen (secondary N) is 1. The van der Waals surface area contributed by atoms with E-state index < -0.39 is 0 Å². The van der Waals surface area contributed by atoms with Crippen LogP contribution in [0.4, 0.5) is 0 Å². The van der Waals surface area contributed by atoms with Crippen molar-refractivity contribution in [1.29, 1.82) is 0 Å². The molecule has 84 valence electrons. The Morgan fingerprint density at radius 3 is 2.80 bits per heavy atom. The van der Waals surface area contributed by atoms with E-state index in [1.807, 2.05) is 17.9 Å². The van der Waals surface area contributed by atoms with Gasteiger partial charge in [-0.1, -0.05) is 19.3 Å². The Morgan fingerprint density at radius 1 is 1.47 bits per heavy atom. The predicted molar refractivity (Wildman–Crippen MR) is 64.6 cm³/mol. The number of hydrogen-bond acceptors (Lipinski definition) is 2. The summed E-state index contributed by atoms with van der Waals surface area (Å²) in [4.78, 5) is 0. The Balaban J connectivity index is 1.84. The fourth-order valence-corrected chi connectivity index (χ4v) is 2.69. The van der Waals surface area contributed by atoms with Crippen molar-refractivity contribution >= 4 is 15.9 Å². The Bertz CT molecular complexity index is 316. The summed E-state index contributed by atoms with van der Waals surface area (Å²) in [6, 6.07) is 0.702. The molecule has 0 bridgehead atoms. The van der Waals surface area contributed by atoms with Crippen LogP contribution in [0.5, 0.6) is 0 Å². The average Bonchev–Trinajstić information content (AvgIpc) is 2.56. The molecule has 1 aromatic rings. The standard InChI is InChI=1S/C11H18BrN3/c1-15-8-10(12)11(14-15)7-13-9-5-3-2-4-6-9/h8-9,13H,2-7H2,1H3. The number of hydrogen-bond donors (Lipinski definition) is 1. The zero-order valence-corrected chi connectivity index (χ0v) is 10.8. The lowest BCUT2D eigenvalue weighted by molar-refractivity contribution is 0.370. The van der Waals surface area contributed by atoms with Gasteiger partial charge in [-0.05, 0) is 28.8 Å². The number of halogens is 1. The maximum Gasteiger partial charge on any atom is 0.0904 e. The highest BCUT2D eigenvalue weighted by Crippen LogP contribution is 2.19. The molecule has 0 aromatic carbocycles. The fourth-order valence-electron chi connectivity index (χ4n) is 2.17. The van der Waals surface area contributed by atoms with Gasteiger partial charge in [0.05, 0.1) is 10.2 Å². The van der Waals surface area contributed by atoms with Crippen molar-refractivity contribution in [2.24, 2.45) is 7.05 Å². The van der Waals surface area contributed by atoms with Gasteiger partial charge in [0.1, 0.15) is 0 Å². The van der Waals surface area contributed by atoms with E-state index in [0.717, 1.165) is 16.7 Å². The van der Waals surface area contributed by atoms with E-state index in [1.165, 1.54) is 32.1 Å². The molecule has 3 nitrogen and oxygen atoms in total. The summed E-state index contributed by atoms with van der Waals surface area (Å²) in [6.07, 6.45) is 8.81. The fraction of sp³-hybridized carbons (Fsp3) is 0.727. The largest absolute Gasteiger partial charge is 0.308 e. The lowest BCUT2D eigenvalue weighted by Gasteiger charge is -2.22. The smallest absolute Gasteiger partial charge is 0.0904 e. The van der Waals surface area contributed by atoms with Gasteiger partial charge in [0.25, 0.3) is 0 Å². The summed E-state index contributed by atoms with van der Waals surface area (Å²) in [5, 5.41) is 7.99. The van der Waals surface area contributed by atoms with E-state index in [9.17, 15) is 0 Å². The lowest BCUT2D eigenvalue weighted by atomic mass is 9.95. The molecule has 1 aliphatic rings. The quantitative estimate of drug-likeness (QED) is 0.916. The molecule has 0 aliphatic heterocycles. The average molecular weight is 272 g/mol. The molecular formula is C11H18BrN3. The van der Waals surface area contributed by atoms with Crippen molar-refractivity contribution in [3.8, 4) is 0 Å². The highest BCUT2D eigenvalue weighted by molar-refractivity contribution is 9.10. The number of nitrogens with zero attached hydrogens (tertiary/aromatic N) is 2. The maximum absolute atomic E-state index is 4.40. The third-order valence-electron chi connectivity index (χ3n) is 3.02. The Hall–Kier alpha value is -0.350. The highest BCUT2D eigenvalue weighted by Gasteiger charge is 2.13. The minimum absolute atomic E-state index is 0.702. The van der Waals surface area contributed by atoms with Gasteiger partial charge < -0.3 is 5.32 Å². The first-order chi connectivity index (χ1) is 7.25. The van der Waals surface area contributed by atoms with Crippen LogP contribution in [0.25, 0.3) is 0 Å². The van der Waals surface area contributed by atoms with Crippen molar-refractivity contribution < 1.29 is 0 Å². The maximum atomic E-state index is 4.40. The van der Waals surface area contributed by atoms with E-state index in [4.69, 9.17) is 0 Å². The van der Waals surface area contributed by atoms with Gasteiger partial charge in [0.2, 0.25) is 0 Å². The molecule has 0 radical (unpaired) electrons.